The van der Waals surface area contributed by atoms with Crippen LogP contribution in [-0.4, -0.2) is 31.1 Å². The fraction of sp³-hybridized carbons (Fsp3) is 0.600. The molecule has 0 aromatic heterocycles. The van der Waals surface area contributed by atoms with Crippen LogP contribution < -0.4 is 5.32 Å². The van der Waals surface area contributed by atoms with Gasteiger partial charge >= 0.3 is 0 Å². The zero-order valence-corrected chi connectivity index (χ0v) is 11.1. The van der Waals surface area contributed by atoms with Crippen molar-refractivity contribution in [3.8, 4) is 0 Å². The maximum atomic E-state index is 3.45. The maximum Gasteiger partial charge on any atom is 0.0234 e. The lowest BCUT2D eigenvalue weighted by molar-refractivity contribution is 0.284. The van der Waals surface area contributed by atoms with E-state index in [2.05, 4.69) is 48.3 Å². The highest BCUT2D eigenvalue weighted by Crippen LogP contribution is 2.15. The van der Waals surface area contributed by atoms with Crippen LogP contribution in [0.1, 0.15) is 37.3 Å². The van der Waals surface area contributed by atoms with Crippen molar-refractivity contribution in [2.24, 2.45) is 0 Å². The predicted molar refractivity (Wildman–Crippen MR) is 73.3 cm³/mol. The molecule has 1 aliphatic rings. The third-order valence-corrected chi connectivity index (χ3v) is 3.49. The van der Waals surface area contributed by atoms with Gasteiger partial charge in [0.05, 0.1) is 0 Å². The molecule has 0 unspecified atom stereocenters. The molecule has 1 aromatic rings. The molecule has 17 heavy (non-hydrogen) atoms. The summed E-state index contributed by atoms with van der Waals surface area (Å²) in [4.78, 5) is 2.55. The van der Waals surface area contributed by atoms with Crippen LogP contribution in [0.2, 0.25) is 0 Å². The smallest absolute Gasteiger partial charge is 0.0234 e. The molecule has 0 aliphatic carbocycles. The van der Waals surface area contributed by atoms with Crippen molar-refractivity contribution in [3.63, 3.8) is 0 Å². The van der Waals surface area contributed by atoms with Gasteiger partial charge in [-0.25, -0.2) is 0 Å². The molecule has 0 amide bonds. The Bertz CT molecular complexity index is 321. The fourth-order valence-corrected chi connectivity index (χ4v) is 2.33. The molecule has 0 spiro atoms. The Kier molecular flexibility index (Phi) is 4.57. The largest absolute Gasteiger partial charge is 0.315 e. The van der Waals surface area contributed by atoms with Crippen molar-refractivity contribution in [1.82, 2.24) is 10.2 Å². The summed E-state index contributed by atoms with van der Waals surface area (Å²) in [5.74, 6) is 0.631. The highest BCUT2D eigenvalue weighted by Gasteiger charge is 2.08. The van der Waals surface area contributed by atoms with E-state index in [0.29, 0.717) is 5.92 Å². The van der Waals surface area contributed by atoms with E-state index in [9.17, 15) is 0 Å². The quantitative estimate of drug-likeness (QED) is 0.862. The molecule has 1 aromatic carbocycles. The minimum absolute atomic E-state index is 0.631. The summed E-state index contributed by atoms with van der Waals surface area (Å²) in [6.07, 6.45) is 1.27. The number of nitrogens with zero attached hydrogens (tertiary/aromatic N) is 1. The average molecular weight is 232 g/mol. The normalized spacial score (nSPS) is 18.3. The summed E-state index contributed by atoms with van der Waals surface area (Å²) in [6, 6.07) is 9.12. The van der Waals surface area contributed by atoms with Crippen LogP contribution >= 0.6 is 0 Å². The standard InChI is InChI=1S/C15H24N2/c1-13(2)15-6-4-14(5-7-15)12-17-10-3-8-16-9-11-17/h4-7,13,16H,3,8-12H2,1-2H3. The summed E-state index contributed by atoms with van der Waals surface area (Å²) in [5.41, 5.74) is 2.88. The molecule has 1 saturated heterocycles. The van der Waals surface area contributed by atoms with Crippen molar-refractivity contribution in [2.45, 2.75) is 32.7 Å². The van der Waals surface area contributed by atoms with Gasteiger partial charge in [0.15, 0.2) is 0 Å². The molecule has 0 radical (unpaired) electrons. The predicted octanol–water partition coefficient (Wildman–Crippen LogP) is 2.61. The summed E-state index contributed by atoms with van der Waals surface area (Å²) < 4.78 is 0. The van der Waals surface area contributed by atoms with E-state index in [0.717, 1.165) is 13.1 Å². The van der Waals surface area contributed by atoms with Crippen LogP contribution in [0.15, 0.2) is 24.3 Å². The molecule has 1 aliphatic heterocycles. The number of hydrogen-bond donors (Lipinski definition) is 1. The highest BCUT2D eigenvalue weighted by molar-refractivity contribution is 5.24. The van der Waals surface area contributed by atoms with Gasteiger partial charge < -0.3 is 5.32 Å². The van der Waals surface area contributed by atoms with Crippen molar-refractivity contribution in [3.05, 3.63) is 35.4 Å². The van der Waals surface area contributed by atoms with Crippen LogP contribution in [0.25, 0.3) is 0 Å². The maximum absolute atomic E-state index is 3.45. The summed E-state index contributed by atoms with van der Waals surface area (Å²) in [6.45, 7) is 10.3. The molecule has 1 heterocycles. The topological polar surface area (TPSA) is 15.3 Å². The van der Waals surface area contributed by atoms with Crippen molar-refractivity contribution in [2.75, 3.05) is 26.2 Å². The molecule has 0 atom stereocenters. The molecule has 1 fully saturated rings. The second-order valence-electron chi connectivity index (χ2n) is 5.28. The van der Waals surface area contributed by atoms with Crippen molar-refractivity contribution >= 4 is 0 Å². The van der Waals surface area contributed by atoms with Crippen molar-refractivity contribution < 1.29 is 0 Å². The zero-order valence-electron chi connectivity index (χ0n) is 11.1. The van der Waals surface area contributed by atoms with Crippen LogP contribution in [0, 0.1) is 0 Å². The third-order valence-electron chi connectivity index (χ3n) is 3.49. The van der Waals surface area contributed by atoms with Crippen molar-refractivity contribution in [1.29, 1.82) is 0 Å². The van der Waals surface area contributed by atoms with Gasteiger partial charge in [0.25, 0.3) is 0 Å². The SMILES string of the molecule is CC(C)c1ccc(CN2CCCNCC2)cc1. The lowest BCUT2D eigenvalue weighted by Crippen LogP contribution is -2.27. The lowest BCUT2D eigenvalue weighted by Gasteiger charge is -2.19. The molecule has 2 heteroatoms. The van der Waals surface area contributed by atoms with Crippen LogP contribution in [-0.2, 0) is 6.54 Å². The summed E-state index contributed by atoms with van der Waals surface area (Å²) >= 11 is 0. The first-order chi connectivity index (χ1) is 8.25. The summed E-state index contributed by atoms with van der Waals surface area (Å²) in [7, 11) is 0. The summed E-state index contributed by atoms with van der Waals surface area (Å²) in [5, 5.41) is 3.45. The Hall–Kier alpha value is -0.860. The Balaban J connectivity index is 1.93. The minimum Gasteiger partial charge on any atom is -0.315 e. The average Bonchev–Trinajstić information content (AvgIpc) is 2.58. The Morgan fingerprint density at radius 1 is 1.12 bits per heavy atom. The second-order valence-corrected chi connectivity index (χ2v) is 5.28. The Morgan fingerprint density at radius 3 is 2.59 bits per heavy atom. The van der Waals surface area contributed by atoms with E-state index in [4.69, 9.17) is 0 Å². The zero-order chi connectivity index (χ0) is 12.1. The van der Waals surface area contributed by atoms with Gasteiger partial charge in [0.2, 0.25) is 0 Å². The van der Waals surface area contributed by atoms with Gasteiger partial charge in [-0.05, 0) is 36.6 Å². The number of rotatable bonds is 3. The molecular formula is C15H24N2. The Labute approximate surface area is 105 Å². The first-order valence-corrected chi connectivity index (χ1v) is 6.77. The molecule has 0 saturated carbocycles. The van der Waals surface area contributed by atoms with Gasteiger partial charge in [0, 0.05) is 19.6 Å². The fourth-order valence-electron chi connectivity index (χ4n) is 2.33. The van der Waals surface area contributed by atoms with Crippen LogP contribution in [0.4, 0.5) is 0 Å². The van der Waals surface area contributed by atoms with E-state index in [1.54, 1.807) is 0 Å². The van der Waals surface area contributed by atoms with Gasteiger partial charge in [-0.1, -0.05) is 38.1 Å². The molecule has 2 rings (SSSR count). The van der Waals surface area contributed by atoms with E-state index in [-0.39, 0.29) is 0 Å². The van der Waals surface area contributed by atoms with Gasteiger partial charge in [-0.15, -0.1) is 0 Å². The van der Waals surface area contributed by atoms with E-state index in [1.165, 1.54) is 37.2 Å². The molecule has 94 valence electrons. The van der Waals surface area contributed by atoms with Crippen LogP contribution in [0.3, 0.4) is 0 Å². The van der Waals surface area contributed by atoms with Gasteiger partial charge in [0.1, 0.15) is 0 Å². The molecule has 0 bridgehead atoms. The van der Waals surface area contributed by atoms with E-state index in [1.807, 2.05) is 0 Å². The molecular weight excluding hydrogens is 208 g/mol. The second kappa shape index (κ2) is 6.18. The van der Waals surface area contributed by atoms with E-state index < -0.39 is 0 Å². The first-order valence-electron chi connectivity index (χ1n) is 6.77. The van der Waals surface area contributed by atoms with Crippen LogP contribution in [0.5, 0.6) is 0 Å². The highest BCUT2D eigenvalue weighted by atomic mass is 15.1. The lowest BCUT2D eigenvalue weighted by atomic mass is 10.0. The third kappa shape index (κ3) is 3.83. The first kappa shape index (κ1) is 12.6. The van der Waals surface area contributed by atoms with Gasteiger partial charge in [-0.3, -0.25) is 4.90 Å². The number of hydrogen-bond acceptors (Lipinski definition) is 2. The van der Waals surface area contributed by atoms with Gasteiger partial charge in [-0.2, -0.15) is 0 Å². The Morgan fingerprint density at radius 2 is 1.88 bits per heavy atom. The number of nitrogens with one attached hydrogen (secondary N) is 1. The molecule has 2 nitrogen and oxygen atoms in total. The number of benzene rings is 1. The minimum atomic E-state index is 0.631. The van der Waals surface area contributed by atoms with E-state index >= 15 is 0 Å². The molecule has 1 N–H and O–H groups in total. The monoisotopic (exact) mass is 232 g/mol.